The highest BCUT2D eigenvalue weighted by molar-refractivity contribution is 7.89. The molecular formula is C22H35N2O4S+. The molecule has 0 saturated heterocycles. The standard InChI is InChI=1S/C22H35N2O4S/c1-7-9-15-24-17(3)22(4,5)19-16-18(12-13-20(19)24)29(26,27)23(6)14-10-11-21(25)28-8-2/h12-13,16H,7-11,14-15H2,1-6H3/q+1. The van der Waals surface area contributed by atoms with Gasteiger partial charge in [0.05, 0.1) is 16.9 Å². The van der Waals surface area contributed by atoms with Crippen LogP contribution in [0, 0.1) is 0 Å². The number of hydrogen-bond acceptors (Lipinski definition) is 4. The predicted octanol–water partition coefficient (Wildman–Crippen LogP) is 3.85. The lowest BCUT2D eigenvalue weighted by molar-refractivity contribution is -0.439. The third-order valence-electron chi connectivity index (χ3n) is 5.84. The average molecular weight is 424 g/mol. The van der Waals surface area contributed by atoms with Gasteiger partial charge in [-0.3, -0.25) is 4.79 Å². The summed E-state index contributed by atoms with van der Waals surface area (Å²) < 4.78 is 34.7. The first-order chi connectivity index (χ1) is 13.6. The van der Waals surface area contributed by atoms with E-state index in [1.54, 1.807) is 20.0 Å². The summed E-state index contributed by atoms with van der Waals surface area (Å²) in [6, 6.07) is 5.45. The highest BCUT2D eigenvalue weighted by Gasteiger charge is 2.43. The Hall–Kier alpha value is -1.73. The molecule has 0 aliphatic carbocycles. The third kappa shape index (κ3) is 4.89. The summed E-state index contributed by atoms with van der Waals surface area (Å²) in [7, 11) is -2.06. The molecule has 1 aromatic rings. The predicted molar refractivity (Wildman–Crippen MR) is 116 cm³/mol. The molecule has 0 spiro atoms. The lowest BCUT2D eigenvalue weighted by Crippen LogP contribution is -2.29. The van der Waals surface area contributed by atoms with Crippen LogP contribution in [0.2, 0.25) is 0 Å². The Kier molecular flexibility index (Phi) is 7.62. The Balaban J connectivity index is 2.23. The van der Waals surface area contributed by atoms with Crippen molar-refractivity contribution in [2.24, 2.45) is 0 Å². The Morgan fingerprint density at radius 3 is 2.52 bits per heavy atom. The molecule has 6 nitrogen and oxygen atoms in total. The molecule has 0 amide bonds. The zero-order valence-electron chi connectivity index (χ0n) is 18.6. The van der Waals surface area contributed by atoms with E-state index in [2.05, 4.69) is 32.3 Å². The van der Waals surface area contributed by atoms with Crippen molar-refractivity contribution in [2.75, 3.05) is 26.7 Å². The van der Waals surface area contributed by atoms with Gasteiger partial charge in [0.2, 0.25) is 15.7 Å². The van der Waals surface area contributed by atoms with E-state index in [1.807, 2.05) is 12.1 Å². The third-order valence-corrected chi connectivity index (χ3v) is 7.70. The topological polar surface area (TPSA) is 66.7 Å². The fraction of sp³-hybridized carbons (Fsp3) is 0.636. The number of carbonyl (C=O) groups is 1. The number of ether oxygens (including phenoxy) is 1. The van der Waals surface area contributed by atoms with Gasteiger partial charge in [-0.1, -0.05) is 13.3 Å². The maximum atomic E-state index is 13.1. The van der Waals surface area contributed by atoms with Crippen LogP contribution in [-0.4, -0.2) is 55.7 Å². The molecule has 162 valence electrons. The van der Waals surface area contributed by atoms with Crippen LogP contribution in [0.15, 0.2) is 23.1 Å². The maximum absolute atomic E-state index is 13.1. The molecule has 29 heavy (non-hydrogen) atoms. The van der Waals surface area contributed by atoms with Crippen LogP contribution >= 0.6 is 0 Å². The van der Waals surface area contributed by atoms with E-state index < -0.39 is 10.0 Å². The molecule has 0 fully saturated rings. The quantitative estimate of drug-likeness (QED) is 0.423. The number of fused-ring (bicyclic) bond motifs is 1. The van der Waals surface area contributed by atoms with E-state index >= 15 is 0 Å². The second-order valence-electron chi connectivity index (χ2n) is 8.13. The normalized spacial score (nSPS) is 15.7. The molecule has 0 unspecified atom stereocenters. The van der Waals surface area contributed by atoms with Crippen molar-refractivity contribution < 1.29 is 22.5 Å². The molecule has 0 N–H and O–H groups in total. The molecule has 0 bridgehead atoms. The zero-order valence-corrected chi connectivity index (χ0v) is 19.4. The first-order valence-electron chi connectivity index (χ1n) is 10.4. The summed E-state index contributed by atoms with van der Waals surface area (Å²) in [5, 5.41) is 0. The summed E-state index contributed by atoms with van der Waals surface area (Å²) in [6.45, 7) is 11.9. The first kappa shape index (κ1) is 23.5. The van der Waals surface area contributed by atoms with Crippen molar-refractivity contribution in [1.82, 2.24) is 4.31 Å². The SMILES string of the molecule is CCCC[N+]1=C(C)C(C)(C)c2cc(S(=O)(=O)N(C)CCCC(=O)OCC)ccc21. The van der Waals surface area contributed by atoms with Gasteiger partial charge in [0.15, 0.2) is 5.71 Å². The van der Waals surface area contributed by atoms with Gasteiger partial charge < -0.3 is 4.74 Å². The Morgan fingerprint density at radius 2 is 1.90 bits per heavy atom. The summed E-state index contributed by atoms with van der Waals surface area (Å²) in [5.74, 6) is -0.296. The molecule has 1 heterocycles. The van der Waals surface area contributed by atoms with Crippen LogP contribution in [0.5, 0.6) is 0 Å². The number of hydrogen-bond donors (Lipinski definition) is 0. The lowest BCUT2D eigenvalue weighted by Gasteiger charge is -2.19. The van der Waals surface area contributed by atoms with Crippen molar-refractivity contribution in [2.45, 2.75) is 70.6 Å². The van der Waals surface area contributed by atoms with Crippen LogP contribution in [-0.2, 0) is 25.0 Å². The fourth-order valence-electron chi connectivity index (χ4n) is 3.71. The molecule has 1 aromatic carbocycles. The summed E-state index contributed by atoms with van der Waals surface area (Å²) >= 11 is 0. The van der Waals surface area contributed by atoms with Gasteiger partial charge >= 0.3 is 5.97 Å². The lowest BCUT2D eigenvalue weighted by atomic mass is 9.82. The van der Waals surface area contributed by atoms with Gasteiger partial charge in [0, 0.05) is 45.0 Å². The van der Waals surface area contributed by atoms with Crippen molar-refractivity contribution >= 4 is 27.4 Å². The summed E-state index contributed by atoms with van der Waals surface area (Å²) in [6.07, 6.45) is 2.85. The summed E-state index contributed by atoms with van der Waals surface area (Å²) in [5.41, 5.74) is 3.19. The van der Waals surface area contributed by atoms with Crippen molar-refractivity contribution in [3.8, 4) is 0 Å². The van der Waals surface area contributed by atoms with E-state index in [0.29, 0.717) is 17.9 Å². The van der Waals surface area contributed by atoms with Crippen molar-refractivity contribution in [3.63, 3.8) is 0 Å². The molecule has 2 rings (SSSR count). The van der Waals surface area contributed by atoms with Gasteiger partial charge in [-0.15, -0.1) is 0 Å². The van der Waals surface area contributed by atoms with Gasteiger partial charge in [-0.2, -0.15) is 4.58 Å². The largest absolute Gasteiger partial charge is 0.466 e. The van der Waals surface area contributed by atoms with E-state index in [9.17, 15) is 13.2 Å². The molecule has 0 atom stereocenters. The summed E-state index contributed by atoms with van der Waals surface area (Å²) in [4.78, 5) is 11.8. The molecule has 1 aliphatic heterocycles. The van der Waals surface area contributed by atoms with Gasteiger partial charge in [-0.05, 0) is 39.3 Å². The number of nitrogens with zero attached hydrogens (tertiary/aromatic N) is 2. The maximum Gasteiger partial charge on any atom is 0.305 e. The van der Waals surface area contributed by atoms with Crippen LogP contribution in [0.4, 0.5) is 5.69 Å². The highest BCUT2D eigenvalue weighted by Crippen LogP contribution is 2.41. The fourth-order valence-corrected chi connectivity index (χ4v) is 4.94. The molecule has 0 aromatic heterocycles. The van der Waals surface area contributed by atoms with Crippen LogP contribution in [0.1, 0.15) is 65.9 Å². The van der Waals surface area contributed by atoms with Gasteiger partial charge in [0.1, 0.15) is 6.54 Å². The Labute approximate surface area is 175 Å². The molecule has 1 aliphatic rings. The highest BCUT2D eigenvalue weighted by atomic mass is 32.2. The van der Waals surface area contributed by atoms with Crippen LogP contribution in [0.25, 0.3) is 0 Å². The van der Waals surface area contributed by atoms with Gasteiger partial charge in [-0.25, -0.2) is 12.7 Å². The smallest absolute Gasteiger partial charge is 0.305 e. The van der Waals surface area contributed by atoms with Gasteiger partial charge in [0.25, 0.3) is 0 Å². The average Bonchev–Trinajstić information content (AvgIpc) is 2.86. The number of benzene rings is 1. The number of unbranched alkanes of at least 4 members (excludes halogenated alkanes) is 1. The molecule has 0 radical (unpaired) electrons. The number of carbonyl (C=O) groups excluding carboxylic acids is 1. The second kappa shape index (κ2) is 9.39. The van der Waals surface area contributed by atoms with E-state index in [4.69, 9.17) is 4.74 Å². The van der Waals surface area contributed by atoms with E-state index in [-0.39, 0.29) is 24.3 Å². The number of esters is 1. The van der Waals surface area contributed by atoms with E-state index in [0.717, 1.165) is 30.6 Å². The van der Waals surface area contributed by atoms with Crippen molar-refractivity contribution in [3.05, 3.63) is 23.8 Å². The van der Waals surface area contributed by atoms with Crippen molar-refractivity contribution in [1.29, 1.82) is 0 Å². The van der Waals surface area contributed by atoms with Crippen LogP contribution < -0.4 is 0 Å². The Morgan fingerprint density at radius 1 is 1.21 bits per heavy atom. The number of sulfonamides is 1. The Bertz CT molecular complexity index is 888. The van der Waals surface area contributed by atoms with Crippen LogP contribution in [0.3, 0.4) is 0 Å². The van der Waals surface area contributed by atoms with E-state index in [1.165, 1.54) is 10.0 Å². The minimum Gasteiger partial charge on any atom is -0.466 e. The zero-order chi connectivity index (χ0) is 21.8. The second-order valence-corrected chi connectivity index (χ2v) is 10.2. The minimum absolute atomic E-state index is 0.211. The molecular weight excluding hydrogens is 388 g/mol. The number of rotatable bonds is 10. The minimum atomic E-state index is -3.62. The monoisotopic (exact) mass is 423 g/mol. The molecule has 7 heteroatoms. The first-order valence-corrected chi connectivity index (χ1v) is 11.9. The molecule has 0 saturated carbocycles.